The Morgan fingerprint density at radius 2 is 1.85 bits per heavy atom. The molecule has 1 aromatic heterocycles. The van der Waals surface area contributed by atoms with Gasteiger partial charge in [0.1, 0.15) is 0 Å². The minimum Gasteiger partial charge on any atom is -0.465 e. The lowest BCUT2D eigenvalue weighted by molar-refractivity contribution is 0.122. The first-order chi connectivity index (χ1) is 12.8. The third kappa shape index (κ3) is 5.32. The smallest absolute Gasteiger partial charge is 0.407 e. The first-order valence-electron chi connectivity index (χ1n) is 9.33. The first kappa shape index (κ1) is 19.9. The lowest BCUT2D eigenvalue weighted by Crippen LogP contribution is -2.48. The van der Waals surface area contributed by atoms with Crippen LogP contribution in [0.2, 0.25) is 0 Å². The molecule has 0 atom stereocenters. The number of carbonyl (C=O) groups is 1. The van der Waals surface area contributed by atoms with Crippen LogP contribution in [-0.4, -0.2) is 84.5 Å². The summed E-state index contributed by atoms with van der Waals surface area (Å²) in [5.74, 6) is 1.67. The van der Waals surface area contributed by atoms with Crippen LogP contribution in [0, 0.1) is 5.92 Å². The SMILES string of the molecule is CS(=O)(=O)N1CCN(c2noc(CCCC3CCN(C(=O)O)CC3)n2)CC1. The Kier molecular flexibility index (Phi) is 6.20. The second-order valence-corrected chi connectivity index (χ2v) is 9.22. The van der Waals surface area contributed by atoms with E-state index in [2.05, 4.69) is 10.1 Å². The monoisotopic (exact) mass is 401 g/mol. The van der Waals surface area contributed by atoms with Gasteiger partial charge in [0.2, 0.25) is 15.9 Å². The van der Waals surface area contributed by atoms with E-state index in [0.717, 1.165) is 25.7 Å². The van der Waals surface area contributed by atoms with Crippen molar-refractivity contribution in [3.8, 4) is 0 Å². The number of rotatable bonds is 6. The Balaban J connectivity index is 1.40. The van der Waals surface area contributed by atoms with E-state index in [9.17, 15) is 13.2 Å². The molecule has 2 aliphatic heterocycles. The normalized spacial score (nSPS) is 20.2. The van der Waals surface area contributed by atoms with Gasteiger partial charge in [-0.05, 0) is 36.8 Å². The van der Waals surface area contributed by atoms with Crippen molar-refractivity contribution in [2.24, 2.45) is 5.92 Å². The molecule has 27 heavy (non-hydrogen) atoms. The minimum absolute atomic E-state index is 0.428. The van der Waals surface area contributed by atoms with Crippen LogP contribution >= 0.6 is 0 Å². The van der Waals surface area contributed by atoms with Crippen LogP contribution < -0.4 is 4.90 Å². The topological polar surface area (TPSA) is 120 Å². The van der Waals surface area contributed by atoms with Crippen LogP contribution in [0.25, 0.3) is 0 Å². The fraction of sp³-hybridized carbons (Fsp3) is 0.812. The number of aromatic nitrogens is 2. The standard InChI is InChI=1S/C16H27N5O5S/c1-27(24,25)21-11-9-19(10-12-21)15-17-14(26-18-15)4-2-3-13-5-7-20(8-6-13)16(22)23/h13H,2-12H2,1H3,(H,22,23). The zero-order valence-corrected chi connectivity index (χ0v) is 16.4. The van der Waals surface area contributed by atoms with E-state index in [1.165, 1.54) is 15.5 Å². The molecular weight excluding hydrogens is 374 g/mol. The fourth-order valence-electron chi connectivity index (χ4n) is 3.65. The number of anilines is 1. The molecule has 11 heteroatoms. The van der Waals surface area contributed by atoms with Crippen LogP contribution in [0.5, 0.6) is 0 Å². The molecule has 3 heterocycles. The van der Waals surface area contributed by atoms with Gasteiger partial charge in [-0.15, -0.1) is 0 Å². The van der Waals surface area contributed by atoms with Gasteiger partial charge >= 0.3 is 6.09 Å². The molecule has 0 radical (unpaired) electrons. The summed E-state index contributed by atoms with van der Waals surface area (Å²) >= 11 is 0. The number of hydrogen-bond acceptors (Lipinski definition) is 7. The van der Waals surface area contributed by atoms with Gasteiger partial charge in [-0.25, -0.2) is 13.2 Å². The van der Waals surface area contributed by atoms with Crippen molar-refractivity contribution in [3.63, 3.8) is 0 Å². The third-order valence-corrected chi connectivity index (χ3v) is 6.64. The van der Waals surface area contributed by atoms with Crippen LogP contribution in [-0.2, 0) is 16.4 Å². The minimum atomic E-state index is -3.15. The Hall–Kier alpha value is -1.88. The van der Waals surface area contributed by atoms with E-state index < -0.39 is 16.1 Å². The number of hydrogen-bond donors (Lipinski definition) is 1. The highest BCUT2D eigenvalue weighted by atomic mass is 32.2. The Morgan fingerprint density at radius 1 is 1.19 bits per heavy atom. The maximum absolute atomic E-state index is 11.6. The largest absolute Gasteiger partial charge is 0.465 e. The summed E-state index contributed by atoms with van der Waals surface area (Å²) < 4.78 is 29.9. The second kappa shape index (κ2) is 8.42. The molecular formula is C16H27N5O5S. The molecule has 1 aromatic rings. The third-order valence-electron chi connectivity index (χ3n) is 5.34. The molecule has 10 nitrogen and oxygen atoms in total. The number of amides is 1. The zero-order chi connectivity index (χ0) is 19.4. The van der Waals surface area contributed by atoms with Crippen LogP contribution in [0.15, 0.2) is 4.52 Å². The second-order valence-electron chi connectivity index (χ2n) is 7.24. The van der Waals surface area contributed by atoms with Crippen molar-refractivity contribution in [3.05, 3.63) is 5.89 Å². The van der Waals surface area contributed by atoms with Crippen LogP contribution in [0.1, 0.15) is 31.6 Å². The summed E-state index contributed by atoms with van der Waals surface area (Å²) in [4.78, 5) is 18.8. The number of aryl methyl sites for hydroxylation is 1. The summed E-state index contributed by atoms with van der Waals surface area (Å²) in [6.07, 6.45) is 4.87. The Labute approximate surface area is 159 Å². The maximum atomic E-state index is 11.6. The highest BCUT2D eigenvalue weighted by molar-refractivity contribution is 7.88. The average Bonchev–Trinajstić information content (AvgIpc) is 3.10. The predicted molar refractivity (Wildman–Crippen MR) is 98.2 cm³/mol. The number of sulfonamides is 1. The molecule has 0 unspecified atom stereocenters. The van der Waals surface area contributed by atoms with Gasteiger partial charge in [-0.2, -0.15) is 9.29 Å². The molecule has 2 aliphatic rings. The van der Waals surface area contributed by atoms with Gasteiger partial charge < -0.3 is 19.4 Å². The van der Waals surface area contributed by atoms with Gasteiger partial charge in [0.05, 0.1) is 6.26 Å². The van der Waals surface area contributed by atoms with Crippen molar-refractivity contribution in [1.29, 1.82) is 0 Å². The lowest BCUT2D eigenvalue weighted by Gasteiger charge is -2.32. The van der Waals surface area contributed by atoms with Gasteiger partial charge in [0.15, 0.2) is 0 Å². The van der Waals surface area contributed by atoms with Crippen LogP contribution in [0.4, 0.5) is 10.7 Å². The summed E-state index contributed by atoms with van der Waals surface area (Å²) in [5, 5.41) is 13.0. The molecule has 0 bridgehead atoms. The molecule has 1 amide bonds. The zero-order valence-electron chi connectivity index (χ0n) is 15.6. The summed E-state index contributed by atoms with van der Waals surface area (Å²) in [6, 6.07) is 0. The highest BCUT2D eigenvalue weighted by Crippen LogP contribution is 2.23. The number of piperazine rings is 1. The predicted octanol–water partition coefficient (Wildman–Crippen LogP) is 0.864. The van der Waals surface area contributed by atoms with E-state index in [0.29, 0.717) is 63.4 Å². The Bertz CT molecular complexity index is 736. The fourth-order valence-corrected chi connectivity index (χ4v) is 4.48. The van der Waals surface area contributed by atoms with Crippen molar-refractivity contribution >= 4 is 22.1 Å². The van der Waals surface area contributed by atoms with E-state index >= 15 is 0 Å². The summed E-state index contributed by atoms with van der Waals surface area (Å²) in [6.45, 7) is 3.19. The van der Waals surface area contributed by atoms with Gasteiger partial charge in [-0.3, -0.25) is 0 Å². The molecule has 0 aromatic carbocycles. The molecule has 1 N–H and O–H groups in total. The number of likely N-dealkylation sites (tertiary alicyclic amines) is 1. The van der Waals surface area contributed by atoms with Gasteiger partial charge in [0, 0.05) is 45.7 Å². The summed E-state index contributed by atoms with van der Waals surface area (Å²) in [5.41, 5.74) is 0. The van der Waals surface area contributed by atoms with Crippen LogP contribution in [0.3, 0.4) is 0 Å². The molecule has 152 valence electrons. The number of nitrogens with zero attached hydrogens (tertiary/aromatic N) is 5. The maximum Gasteiger partial charge on any atom is 0.407 e. The van der Waals surface area contributed by atoms with Crippen molar-refractivity contribution < 1.29 is 22.8 Å². The van der Waals surface area contributed by atoms with Gasteiger partial charge in [0.25, 0.3) is 5.95 Å². The quantitative estimate of drug-likeness (QED) is 0.745. The van der Waals surface area contributed by atoms with Crippen molar-refractivity contribution in [2.75, 3.05) is 50.4 Å². The lowest BCUT2D eigenvalue weighted by atomic mass is 9.92. The van der Waals surface area contributed by atoms with Gasteiger partial charge in [-0.1, -0.05) is 0 Å². The molecule has 0 saturated carbocycles. The van der Waals surface area contributed by atoms with E-state index in [-0.39, 0.29) is 0 Å². The van der Waals surface area contributed by atoms with Crippen molar-refractivity contribution in [1.82, 2.24) is 19.3 Å². The number of piperidine rings is 1. The molecule has 0 spiro atoms. The summed E-state index contributed by atoms with van der Waals surface area (Å²) in [7, 11) is -3.15. The molecule has 2 saturated heterocycles. The molecule has 0 aliphatic carbocycles. The van der Waals surface area contributed by atoms with E-state index in [1.54, 1.807) is 0 Å². The van der Waals surface area contributed by atoms with E-state index in [1.807, 2.05) is 4.90 Å². The molecule has 3 rings (SSSR count). The average molecular weight is 401 g/mol. The highest BCUT2D eigenvalue weighted by Gasteiger charge is 2.26. The van der Waals surface area contributed by atoms with Crippen molar-refractivity contribution in [2.45, 2.75) is 32.1 Å². The first-order valence-corrected chi connectivity index (χ1v) is 11.2. The Morgan fingerprint density at radius 3 is 2.44 bits per heavy atom. The van der Waals surface area contributed by atoms with E-state index in [4.69, 9.17) is 9.63 Å². The molecule has 2 fully saturated rings. The number of carboxylic acid groups (broad SMARTS) is 1.